The fourth-order valence-corrected chi connectivity index (χ4v) is 4.45. The van der Waals surface area contributed by atoms with Crippen molar-refractivity contribution in [2.24, 2.45) is 0 Å². The number of ether oxygens (including phenoxy) is 2. The quantitative estimate of drug-likeness (QED) is 0.0710. The second-order valence-electron chi connectivity index (χ2n) is 9.96. The lowest BCUT2D eigenvalue weighted by Crippen LogP contribution is -2.42. The first kappa shape index (κ1) is 31.0. The van der Waals surface area contributed by atoms with Crippen molar-refractivity contribution in [3.05, 3.63) is 140 Å². The molecule has 4 rings (SSSR count). The van der Waals surface area contributed by atoms with Gasteiger partial charge in [0.05, 0.1) is 5.69 Å². The zero-order valence-corrected chi connectivity index (χ0v) is 24.6. The van der Waals surface area contributed by atoms with Crippen molar-refractivity contribution in [1.82, 2.24) is 5.43 Å². The predicted molar refractivity (Wildman–Crippen MR) is 173 cm³/mol. The van der Waals surface area contributed by atoms with E-state index in [1.54, 1.807) is 0 Å². The molecule has 4 aromatic rings. The van der Waals surface area contributed by atoms with E-state index < -0.39 is 5.97 Å². The van der Waals surface area contributed by atoms with E-state index in [0.29, 0.717) is 6.54 Å². The molecular formula is C36H37N3O4. The Morgan fingerprint density at radius 2 is 1.33 bits per heavy atom. The van der Waals surface area contributed by atoms with Crippen molar-refractivity contribution in [2.75, 3.05) is 23.6 Å². The number of ketones is 1. The number of anilines is 3. The molecule has 1 atom stereocenters. The van der Waals surface area contributed by atoms with Gasteiger partial charge in [0.2, 0.25) is 0 Å². The van der Waals surface area contributed by atoms with E-state index in [-0.39, 0.29) is 25.2 Å². The summed E-state index contributed by atoms with van der Waals surface area (Å²) in [5.74, 6) is -0.595. The number of hydrogen-bond acceptors (Lipinski definition) is 7. The summed E-state index contributed by atoms with van der Waals surface area (Å²) in [6.45, 7) is 9.64. The smallest absolute Gasteiger partial charge is 0.330 e. The van der Waals surface area contributed by atoms with Gasteiger partial charge in [-0.3, -0.25) is 4.79 Å². The van der Waals surface area contributed by atoms with Crippen molar-refractivity contribution in [1.29, 1.82) is 0 Å². The second kappa shape index (κ2) is 15.3. The number of benzene rings is 4. The molecule has 0 aliphatic heterocycles. The van der Waals surface area contributed by atoms with Gasteiger partial charge in [-0.2, -0.15) is 0 Å². The Kier molecular flexibility index (Phi) is 11.0. The Labute approximate surface area is 253 Å². The molecule has 0 radical (unpaired) electrons. The molecule has 0 bridgehead atoms. The van der Waals surface area contributed by atoms with Gasteiger partial charge in [0.15, 0.2) is 5.78 Å². The summed E-state index contributed by atoms with van der Waals surface area (Å²) in [5.41, 5.74) is 10.5. The molecule has 220 valence electrons. The second-order valence-corrected chi connectivity index (χ2v) is 9.96. The van der Waals surface area contributed by atoms with Crippen LogP contribution in [-0.2, 0) is 32.2 Å². The number of nitrogens with zero attached hydrogens (tertiary/aromatic N) is 2. The average Bonchev–Trinajstić information content (AvgIpc) is 3.06. The van der Waals surface area contributed by atoms with Crippen LogP contribution in [0, 0.1) is 0 Å². The minimum atomic E-state index is -0.439. The van der Waals surface area contributed by atoms with E-state index in [1.807, 2.05) is 73.6 Å². The minimum absolute atomic E-state index is 0.0122. The van der Waals surface area contributed by atoms with Gasteiger partial charge >= 0.3 is 5.97 Å². The summed E-state index contributed by atoms with van der Waals surface area (Å²) in [4.78, 5) is 25.1. The molecule has 0 aliphatic rings. The van der Waals surface area contributed by atoms with Crippen LogP contribution in [0.2, 0.25) is 0 Å². The first-order valence-corrected chi connectivity index (χ1v) is 14.0. The van der Waals surface area contributed by atoms with Gasteiger partial charge in [-0.05, 0) is 71.7 Å². The normalized spacial score (nSPS) is 11.3. The number of esters is 1. The monoisotopic (exact) mass is 575 g/mol. The van der Waals surface area contributed by atoms with Crippen molar-refractivity contribution >= 4 is 28.8 Å². The van der Waals surface area contributed by atoms with Crippen LogP contribution in [-0.4, -0.2) is 31.6 Å². The number of rotatable bonds is 15. The molecule has 0 amide bonds. The molecule has 43 heavy (non-hydrogen) atoms. The highest BCUT2D eigenvalue weighted by Crippen LogP contribution is 2.31. The van der Waals surface area contributed by atoms with Crippen LogP contribution in [0.25, 0.3) is 11.1 Å². The van der Waals surface area contributed by atoms with E-state index in [2.05, 4.69) is 72.0 Å². The van der Waals surface area contributed by atoms with Gasteiger partial charge in [-0.25, -0.2) is 10.2 Å². The predicted octanol–water partition coefficient (Wildman–Crippen LogP) is 6.98. The Hall–Kier alpha value is -4.98. The van der Waals surface area contributed by atoms with Crippen molar-refractivity contribution in [2.45, 2.75) is 26.3 Å². The zero-order chi connectivity index (χ0) is 30.6. The highest BCUT2D eigenvalue weighted by atomic mass is 16.5. The topological polar surface area (TPSA) is 71.1 Å². The zero-order valence-electron chi connectivity index (χ0n) is 24.6. The lowest BCUT2D eigenvalue weighted by atomic mass is 10.0. The molecule has 0 aliphatic carbocycles. The largest absolute Gasteiger partial charge is 0.458 e. The molecular weight excluding hydrogens is 538 g/mol. The van der Waals surface area contributed by atoms with Crippen LogP contribution in [0.4, 0.5) is 17.1 Å². The summed E-state index contributed by atoms with van der Waals surface area (Å²) < 4.78 is 10.7. The Morgan fingerprint density at radius 3 is 1.88 bits per heavy atom. The number of carbonyl (C=O) groups excluding carboxylic acids is 2. The van der Waals surface area contributed by atoms with Crippen LogP contribution in [0.1, 0.15) is 18.1 Å². The standard InChI is InChI=1S/C36H37N3O4/c1-5-35(40)26-42-27(3)37-38(4)32-20-14-30(15-21-32)31-16-22-34(23-17-31)39(24-28-10-8-7-9-11-28)33-18-12-29(13-19-33)25-43-36(41)6-2/h5-23,27,37H,1-2,24-26H2,3-4H3. The Bertz CT molecular complexity index is 1500. The highest BCUT2D eigenvalue weighted by molar-refractivity contribution is 5.90. The molecule has 0 fully saturated rings. The third kappa shape index (κ3) is 9.00. The maximum absolute atomic E-state index is 11.4. The fraction of sp³-hybridized carbons (Fsp3) is 0.167. The summed E-state index contributed by atoms with van der Waals surface area (Å²) in [7, 11) is 1.90. The highest BCUT2D eigenvalue weighted by Gasteiger charge is 2.12. The molecule has 1 unspecified atom stereocenters. The summed E-state index contributed by atoms with van der Waals surface area (Å²) in [5, 5.41) is 1.87. The first-order chi connectivity index (χ1) is 20.9. The van der Waals surface area contributed by atoms with E-state index >= 15 is 0 Å². The van der Waals surface area contributed by atoms with Crippen LogP contribution in [0.15, 0.2) is 128 Å². The number of hydrazine groups is 1. The van der Waals surface area contributed by atoms with E-state index in [0.717, 1.165) is 33.8 Å². The van der Waals surface area contributed by atoms with Crippen LogP contribution >= 0.6 is 0 Å². The van der Waals surface area contributed by atoms with Crippen molar-refractivity contribution < 1.29 is 19.1 Å². The molecule has 0 aromatic heterocycles. The fourth-order valence-electron chi connectivity index (χ4n) is 4.45. The Morgan fingerprint density at radius 1 is 0.767 bits per heavy atom. The van der Waals surface area contributed by atoms with Gasteiger partial charge < -0.3 is 19.4 Å². The molecule has 0 heterocycles. The Balaban J connectivity index is 1.47. The summed E-state index contributed by atoms with van der Waals surface area (Å²) in [6.07, 6.45) is 2.08. The molecule has 7 nitrogen and oxygen atoms in total. The van der Waals surface area contributed by atoms with Gasteiger partial charge in [0, 0.05) is 31.0 Å². The summed E-state index contributed by atoms with van der Waals surface area (Å²) >= 11 is 0. The van der Waals surface area contributed by atoms with Crippen LogP contribution < -0.4 is 15.3 Å². The van der Waals surface area contributed by atoms with E-state index in [9.17, 15) is 9.59 Å². The third-order valence-electron chi connectivity index (χ3n) is 6.82. The maximum Gasteiger partial charge on any atom is 0.330 e. The lowest BCUT2D eigenvalue weighted by molar-refractivity contribution is -0.139. The van der Waals surface area contributed by atoms with Gasteiger partial charge in [0.25, 0.3) is 0 Å². The minimum Gasteiger partial charge on any atom is -0.458 e. The van der Waals surface area contributed by atoms with E-state index in [1.165, 1.54) is 17.7 Å². The third-order valence-corrected chi connectivity index (χ3v) is 6.82. The molecule has 7 heteroatoms. The SMILES string of the molecule is C=CC(=O)COC(C)NN(C)c1ccc(-c2ccc(N(Cc3ccccc3)c3ccc(COC(=O)C=C)cc3)cc2)cc1. The van der Waals surface area contributed by atoms with Gasteiger partial charge in [-0.1, -0.05) is 79.9 Å². The average molecular weight is 576 g/mol. The van der Waals surface area contributed by atoms with E-state index in [4.69, 9.17) is 9.47 Å². The van der Waals surface area contributed by atoms with Crippen LogP contribution in [0.3, 0.4) is 0 Å². The first-order valence-electron chi connectivity index (χ1n) is 14.0. The lowest BCUT2D eigenvalue weighted by Gasteiger charge is -2.26. The van der Waals surface area contributed by atoms with Crippen LogP contribution in [0.5, 0.6) is 0 Å². The van der Waals surface area contributed by atoms with Crippen molar-refractivity contribution in [3.63, 3.8) is 0 Å². The van der Waals surface area contributed by atoms with Gasteiger partial charge in [0.1, 0.15) is 19.4 Å². The molecule has 0 spiro atoms. The van der Waals surface area contributed by atoms with Gasteiger partial charge in [-0.15, -0.1) is 0 Å². The van der Waals surface area contributed by atoms with Crippen molar-refractivity contribution in [3.8, 4) is 11.1 Å². The summed E-state index contributed by atoms with van der Waals surface area (Å²) in [6, 6.07) is 35.1. The maximum atomic E-state index is 11.4. The molecule has 0 saturated carbocycles. The molecule has 1 N–H and O–H groups in total. The molecule has 4 aromatic carbocycles. The number of carbonyl (C=O) groups is 2. The number of hydrogen-bond donors (Lipinski definition) is 1. The number of nitrogens with one attached hydrogen (secondary N) is 1. The molecule has 0 saturated heterocycles.